The smallest absolute Gasteiger partial charge is 0.407 e. The van der Waals surface area contributed by atoms with Gasteiger partial charge in [0.2, 0.25) is 29.5 Å². The highest BCUT2D eigenvalue weighted by atomic mass is 16.5. The van der Waals surface area contributed by atoms with Crippen LogP contribution in [0.1, 0.15) is 82.5 Å². The van der Waals surface area contributed by atoms with Gasteiger partial charge in [0.1, 0.15) is 49.4 Å². The third-order valence-corrected chi connectivity index (χ3v) is 11.8. The van der Waals surface area contributed by atoms with Crippen molar-refractivity contribution in [3.05, 3.63) is 82.0 Å². The van der Waals surface area contributed by atoms with E-state index in [1.807, 2.05) is 50.2 Å². The van der Waals surface area contributed by atoms with Crippen molar-refractivity contribution in [3.63, 3.8) is 0 Å². The number of ether oxygens (including phenoxy) is 3. The number of benzene rings is 2. The number of alkyl carbamates (subject to hydrolysis) is 1. The number of carbonyl (C=O) groups excluding carboxylic acids is 8. The number of fused-ring (bicyclic) bond motifs is 1. The number of aromatic nitrogens is 7. The zero-order valence-corrected chi connectivity index (χ0v) is 45.6. The zero-order valence-electron chi connectivity index (χ0n) is 45.6. The lowest BCUT2D eigenvalue weighted by atomic mass is 10.0. The molecule has 0 radical (unpaired) electrons. The van der Waals surface area contributed by atoms with Crippen LogP contribution in [-0.4, -0.2) is 153 Å². The Balaban J connectivity index is 1.08. The van der Waals surface area contributed by atoms with E-state index in [0.717, 1.165) is 12.1 Å². The van der Waals surface area contributed by atoms with Gasteiger partial charge in [-0.2, -0.15) is 9.97 Å². The number of aldehydes is 1. The molecule has 28 heteroatoms. The van der Waals surface area contributed by atoms with Gasteiger partial charge in [0.25, 0.3) is 0 Å². The molecule has 80 heavy (non-hydrogen) atoms. The van der Waals surface area contributed by atoms with E-state index in [1.54, 1.807) is 38.1 Å². The summed E-state index contributed by atoms with van der Waals surface area (Å²) in [6, 6.07) is 10.8. The summed E-state index contributed by atoms with van der Waals surface area (Å²) in [5, 5.41) is 26.5. The average molecular weight is 1110 g/mol. The number of imidazole rings is 1. The van der Waals surface area contributed by atoms with Crippen molar-refractivity contribution in [3.8, 4) is 11.8 Å². The Hall–Kier alpha value is -8.95. The van der Waals surface area contributed by atoms with Crippen molar-refractivity contribution in [2.75, 3.05) is 64.1 Å². The molecular formula is C52H72N16O12. The average Bonchev–Trinajstić information content (AvgIpc) is 4.15. The van der Waals surface area contributed by atoms with Gasteiger partial charge in [0.15, 0.2) is 11.5 Å². The first-order valence-electron chi connectivity index (χ1n) is 26.2. The van der Waals surface area contributed by atoms with Crippen LogP contribution < -0.4 is 58.1 Å². The summed E-state index contributed by atoms with van der Waals surface area (Å²) < 4.78 is 19.6. The van der Waals surface area contributed by atoms with E-state index in [4.69, 9.17) is 19.9 Å². The van der Waals surface area contributed by atoms with Crippen LogP contribution in [0.15, 0.2) is 59.5 Å². The summed E-state index contributed by atoms with van der Waals surface area (Å²) in [6.07, 6.45) is 3.25. The van der Waals surface area contributed by atoms with Crippen molar-refractivity contribution in [1.82, 2.24) is 66.0 Å². The number of likely N-dealkylation sites (N-methyl/N-ethyl adjacent to an activating group) is 1. The first-order valence-corrected chi connectivity index (χ1v) is 26.2. The monoisotopic (exact) mass is 1110 g/mol. The predicted molar refractivity (Wildman–Crippen MR) is 292 cm³/mol. The fourth-order valence-corrected chi connectivity index (χ4v) is 7.55. The second-order valence-corrected chi connectivity index (χ2v) is 19.1. The van der Waals surface area contributed by atoms with Crippen molar-refractivity contribution in [2.45, 2.75) is 104 Å². The quantitative estimate of drug-likeness (QED) is 0.0208. The first kappa shape index (κ1) is 61.9. The summed E-state index contributed by atoms with van der Waals surface area (Å²) in [5.41, 5.74) is 7.41. The molecule has 28 nitrogen and oxygen atoms in total. The van der Waals surface area contributed by atoms with Crippen LogP contribution >= 0.6 is 0 Å². The highest BCUT2D eigenvalue weighted by Gasteiger charge is 2.29. The van der Waals surface area contributed by atoms with Crippen LogP contribution in [0.4, 0.5) is 21.1 Å². The Kier molecular flexibility index (Phi) is 24.8. The molecule has 2 atom stereocenters. The van der Waals surface area contributed by atoms with Crippen molar-refractivity contribution >= 4 is 70.6 Å². The molecule has 2 aromatic carbocycles. The Morgan fingerprint density at radius 2 is 1.55 bits per heavy atom. The number of aromatic amines is 1. The standard InChI is InChI=1S/C52H72N16O12/c1-6-27-79-50-62-45(44-46(63-50)68(51(76)61-44)29-34-14-19-38(20-15-34)78-28-25-66(4)5)60-41(71)11-8-23-56-52(77)80-32-35-12-16-36(17-13-35)57-47(73)39(10-7-22-55-49(53)75)58-48(74)43(33(2)3)59-42(72)31-67-30-37(64-65-67)18-21-40(70)54-24-9-26-69/h12-17,19-20,26,30,33,39,43H,6-11,18,21-25,27-29,31-32H2,1-5H3,(H,54,70)(H,56,77)(H,57,73)(H,58,74)(H,59,72)(H,61,76)(H3,53,55,75)(H,60,62,63,71)/t39-,43-/m0/s1. The first-order chi connectivity index (χ1) is 38.4. The molecule has 5 aromatic rings. The SMILES string of the molecule is CCCOc1nc(NC(=O)CCCNC(=O)OCc2ccc(NC(=O)[C@H](CCCNC(N)=O)NC(=O)[C@@H](NC(=O)Cn3cc(CCC(=O)NCCC=O)nn3)C(C)C)cc2)c2[nH]c(=O)n(Cc3ccc(OCCN(C)C)cc3)c2n1. The van der Waals surface area contributed by atoms with Crippen LogP contribution in [0.2, 0.25) is 0 Å². The largest absolute Gasteiger partial charge is 0.492 e. The van der Waals surface area contributed by atoms with E-state index in [-0.39, 0.29) is 113 Å². The van der Waals surface area contributed by atoms with Gasteiger partial charge in [0.05, 0.1) is 18.8 Å². The molecule has 0 aliphatic carbocycles. The lowest BCUT2D eigenvalue weighted by Crippen LogP contribution is -2.55. The maximum Gasteiger partial charge on any atom is 0.407 e. The summed E-state index contributed by atoms with van der Waals surface area (Å²) in [6.45, 7) is 7.15. The van der Waals surface area contributed by atoms with Crippen molar-refractivity contribution < 1.29 is 52.6 Å². The van der Waals surface area contributed by atoms with E-state index >= 15 is 0 Å². The molecule has 5 rings (SSSR count). The second-order valence-electron chi connectivity index (χ2n) is 19.1. The predicted octanol–water partition coefficient (Wildman–Crippen LogP) is 1.48. The number of amides is 8. The molecule has 0 unspecified atom stereocenters. The molecule has 0 saturated carbocycles. The number of H-pyrrole nitrogens is 1. The number of urea groups is 1. The maximum atomic E-state index is 13.7. The fraction of sp³-hybridized carbons (Fsp3) is 0.481. The van der Waals surface area contributed by atoms with Gasteiger partial charge in [-0.1, -0.05) is 50.3 Å². The Morgan fingerprint density at radius 3 is 2.25 bits per heavy atom. The van der Waals surface area contributed by atoms with Gasteiger partial charge in [-0.05, 0) is 81.1 Å². The van der Waals surface area contributed by atoms with Crippen LogP contribution in [0.5, 0.6) is 11.8 Å². The van der Waals surface area contributed by atoms with E-state index < -0.39 is 59.4 Å². The van der Waals surface area contributed by atoms with Gasteiger partial charge >= 0.3 is 23.8 Å². The molecular weight excluding hydrogens is 1040 g/mol. The van der Waals surface area contributed by atoms with Crippen LogP contribution in [0.25, 0.3) is 11.2 Å². The van der Waals surface area contributed by atoms with E-state index in [0.29, 0.717) is 48.6 Å². The molecule has 0 aliphatic heterocycles. The topological polar surface area (TPSA) is 372 Å². The molecule has 3 heterocycles. The lowest BCUT2D eigenvalue weighted by molar-refractivity contribution is -0.132. The number of primary amides is 1. The molecule has 0 bridgehead atoms. The number of rotatable bonds is 34. The number of anilines is 2. The fourth-order valence-electron chi connectivity index (χ4n) is 7.55. The highest BCUT2D eigenvalue weighted by Crippen LogP contribution is 2.23. The van der Waals surface area contributed by atoms with Crippen LogP contribution in [-0.2, 0) is 59.6 Å². The minimum absolute atomic E-state index is 0.0143. The summed E-state index contributed by atoms with van der Waals surface area (Å²) in [7, 11) is 3.92. The molecule has 10 N–H and O–H groups in total. The summed E-state index contributed by atoms with van der Waals surface area (Å²) in [4.78, 5) is 127. The van der Waals surface area contributed by atoms with Gasteiger partial charge < -0.3 is 71.8 Å². The maximum absolute atomic E-state index is 13.7. The van der Waals surface area contributed by atoms with Gasteiger partial charge in [-0.25, -0.2) is 19.1 Å². The Labute approximate surface area is 461 Å². The molecule has 432 valence electrons. The zero-order chi connectivity index (χ0) is 58.0. The number of nitrogens with two attached hydrogens (primary N) is 1. The second kappa shape index (κ2) is 32.1. The minimum atomic E-state index is -1.11. The van der Waals surface area contributed by atoms with E-state index in [2.05, 4.69) is 62.5 Å². The van der Waals surface area contributed by atoms with Crippen LogP contribution in [0, 0.1) is 5.92 Å². The minimum Gasteiger partial charge on any atom is -0.492 e. The number of hydrogen-bond acceptors (Lipinski definition) is 17. The molecule has 0 saturated heterocycles. The summed E-state index contributed by atoms with van der Waals surface area (Å²) >= 11 is 0. The molecule has 0 fully saturated rings. The van der Waals surface area contributed by atoms with Gasteiger partial charge in [-0.3, -0.25) is 28.5 Å². The molecule has 3 aromatic heterocycles. The summed E-state index contributed by atoms with van der Waals surface area (Å²) in [5.74, 6) is -2.14. The molecule has 8 amide bonds. The lowest BCUT2D eigenvalue weighted by Gasteiger charge is -2.25. The highest BCUT2D eigenvalue weighted by molar-refractivity contribution is 5.99. The van der Waals surface area contributed by atoms with Crippen molar-refractivity contribution in [1.29, 1.82) is 0 Å². The molecule has 0 spiro atoms. The normalized spacial score (nSPS) is 11.8. The number of nitrogens with zero attached hydrogens (tertiary/aromatic N) is 7. The number of aryl methyl sites for hydroxylation is 1. The van der Waals surface area contributed by atoms with E-state index in [9.17, 15) is 43.2 Å². The number of nitrogens with one attached hydrogen (secondary N) is 8. The van der Waals surface area contributed by atoms with Gasteiger partial charge in [0, 0.05) is 63.7 Å². The number of hydrogen-bond donors (Lipinski definition) is 9. The third kappa shape index (κ3) is 21.1. The Bertz CT molecular complexity index is 2920. The van der Waals surface area contributed by atoms with E-state index in [1.165, 1.54) is 15.4 Å². The van der Waals surface area contributed by atoms with Gasteiger partial charge in [-0.15, -0.1) is 5.10 Å². The number of carbonyl (C=O) groups is 8. The molecule has 0 aliphatic rings. The van der Waals surface area contributed by atoms with Crippen molar-refractivity contribution in [2.24, 2.45) is 11.7 Å². The van der Waals surface area contributed by atoms with Crippen LogP contribution in [0.3, 0.4) is 0 Å². The Morgan fingerprint density at radius 1 is 0.812 bits per heavy atom. The third-order valence-electron chi connectivity index (χ3n) is 11.8.